The number of hydrogen-bond donors (Lipinski definition) is 1. The van der Waals surface area contributed by atoms with Crippen LogP contribution < -0.4 is 5.46 Å². The van der Waals surface area contributed by atoms with Crippen molar-refractivity contribution in [3.8, 4) is 67.3 Å². The largest absolute Gasteiger partial charge is 0.427 e. The molecule has 59 heavy (non-hydrogen) atoms. The molecule has 0 aliphatic rings. The van der Waals surface area contributed by atoms with Gasteiger partial charge in [-0.1, -0.05) is 120 Å². The molecule has 6 nitrogen and oxygen atoms in total. The van der Waals surface area contributed by atoms with E-state index in [0.29, 0.717) is 7.48 Å². The molecule has 4 heterocycles. The fourth-order valence-corrected chi connectivity index (χ4v) is 6.97. The second-order valence-electron chi connectivity index (χ2n) is 18.6. The normalized spacial score (nSPS) is 12.4. The van der Waals surface area contributed by atoms with Gasteiger partial charge in [0.05, 0.1) is 34.0 Å². The summed E-state index contributed by atoms with van der Waals surface area (Å²) in [6.45, 7) is 20.7. The van der Waals surface area contributed by atoms with Crippen LogP contribution >= 0.6 is 0 Å². The van der Waals surface area contributed by atoms with Crippen LogP contribution in [0.1, 0.15) is 80.4 Å². The van der Waals surface area contributed by atoms with Gasteiger partial charge in [0.1, 0.15) is 0 Å². The van der Waals surface area contributed by atoms with E-state index in [1.165, 1.54) is 11.1 Å². The molecule has 298 valence electrons. The summed E-state index contributed by atoms with van der Waals surface area (Å²) in [5.74, 6) is 0. The molecule has 3 aromatic carbocycles. The first-order valence-corrected chi connectivity index (χ1v) is 20.4. The van der Waals surface area contributed by atoms with Gasteiger partial charge in [-0.3, -0.25) is 19.9 Å². The van der Waals surface area contributed by atoms with Crippen molar-refractivity contribution in [1.29, 1.82) is 0 Å². The maximum absolute atomic E-state index is 10.9. The zero-order valence-electron chi connectivity index (χ0n) is 36.1. The van der Waals surface area contributed by atoms with E-state index in [4.69, 9.17) is 24.6 Å². The number of pyridine rings is 4. The summed E-state index contributed by atoms with van der Waals surface area (Å²) in [5, 5.41) is 10.9. The Bertz CT molecular complexity index is 2420. The van der Waals surface area contributed by atoms with E-state index in [0.717, 1.165) is 72.7 Å². The lowest BCUT2D eigenvalue weighted by atomic mass is 9.79. The molecule has 7 rings (SSSR count). The third-order valence-electron chi connectivity index (χ3n) is 11.5. The molecule has 0 atom stereocenters. The lowest BCUT2D eigenvalue weighted by molar-refractivity contribution is -0.0893. The quantitative estimate of drug-likeness (QED) is 0.139. The molecule has 1 N–H and O–H groups in total. The Kier molecular flexibility index (Phi) is 11.3. The summed E-state index contributed by atoms with van der Waals surface area (Å²) in [7, 11) is 0.299. The highest BCUT2D eigenvalue weighted by atomic mass is 16.5. The van der Waals surface area contributed by atoms with Crippen LogP contribution in [0.2, 0.25) is 0 Å². The molecule has 7 heteroatoms. The van der Waals surface area contributed by atoms with Crippen molar-refractivity contribution in [2.24, 2.45) is 0 Å². The van der Waals surface area contributed by atoms with Crippen molar-refractivity contribution in [3.63, 3.8) is 0 Å². The first kappa shape index (κ1) is 41.4. The molecular weight excluding hydrogens is 723 g/mol. The Morgan fingerprint density at radius 1 is 0.441 bits per heavy atom. The molecule has 0 unspecified atom stereocenters. The van der Waals surface area contributed by atoms with Crippen LogP contribution in [0.15, 0.2) is 140 Å². The van der Waals surface area contributed by atoms with Crippen molar-refractivity contribution in [2.45, 2.75) is 91.3 Å². The number of hydrogen-bond acceptors (Lipinski definition) is 6. The molecule has 7 aromatic rings. The smallest absolute Gasteiger partial charge is 0.309 e. The average molecular weight is 779 g/mol. The number of aromatic nitrogens is 4. The molecule has 0 aliphatic carbocycles. The molecule has 0 amide bonds. The highest BCUT2D eigenvalue weighted by Gasteiger charge is 2.35. The van der Waals surface area contributed by atoms with Gasteiger partial charge in [-0.25, -0.2) is 0 Å². The Morgan fingerprint density at radius 3 is 1.24 bits per heavy atom. The van der Waals surface area contributed by atoms with Crippen LogP contribution in [-0.4, -0.2) is 43.7 Å². The van der Waals surface area contributed by atoms with Gasteiger partial charge in [0, 0.05) is 58.2 Å². The van der Waals surface area contributed by atoms with Gasteiger partial charge in [0.25, 0.3) is 0 Å². The van der Waals surface area contributed by atoms with Gasteiger partial charge in [-0.2, -0.15) is 0 Å². The number of aliphatic hydroxyl groups is 1. The van der Waals surface area contributed by atoms with E-state index in [1.807, 2.05) is 50.8 Å². The summed E-state index contributed by atoms with van der Waals surface area (Å²) in [4.78, 5) is 19.3. The maximum Gasteiger partial charge on any atom is 0.309 e. The molecular formula is C52H55BN4O2. The van der Waals surface area contributed by atoms with E-state index in [2.05, 4.69) is 145 Å². The fourth-order valence-electron chi connectivity index (χ4n) is 6.97. The highest BCUT2D eigenvalue weighted by molar-refractivity contribution is 6.47. The van der Waals surface area contributed by atoms with E-state index >= 15 is 0 Å². The predicted molar refractivity (Wildman–Crippen MR) is 246 cm³/mol. The van der Waals surface area contributed by atoms with Crippen LogP contribution in [0.4, 0.5) is 0 Å². The van der Waals surface area contributed by atoms with Gasteiger partial charge in [-0.15, -0.1) is 0 Å². The number of nitrogens with zero attached hydrogens (tertiary/aromatic N) is 4. The third-order valence-corrected chi connectivity index (χ3v) is 11.5. The second-order valence-corrected chi connectivity index (χ2v) is 18.6. The summed E-state index contributed by atoms with van der Waals surface area (Å²) in [6.07, 6.45) is 7.48. The van der Waals surface area contributed by atoms with Crippen LogP contribution in [0.25, 0.3) is 67.3 Å². The van der Waals surface area contributed by atoms with Gasteiger partial charge in [0.15, 0.2) is 0 Å². The van der Waals surface area contributed by atoms with Gasteiger partial charge in [-0.05, 0) is 103 Å². The molecule has 0 aliphatic heterocycles. The lowest BCUT2D eigenvalue weighted by Gasteiger charge is -2.37. The zero-order valence-corrected chi connectivity index (χ0v) is 36.1. The average Bonchev–Trinajstić information content (AvgIpc) is 3.22. The number of rotatable bonds is 10. The topological polar surface area (TPSA) is 81.0 Å². The Balaban J connectivity index is 1.29. The fraction of sp³-hybridized carbons (Fsp3) is 0.269. The first-order valence-electron chi connectivity index (χ1n) is 20.4. The predicted octanol–water partition coefficient (Wildman–Crippen LogP) is 11.4. The Hall–Kier alpha value is -5.76. The maximum atomic E-state index is 10.9. The van der Waals surface area contributed by atoms with Gasteiger partial charge in [0.2, 0.25) is 0 Å². The minimum absolute atomic E-state index is 0.0288. The van der Waals surface area contributed by atoms with E-state index in [1.54, 1.807) is 13.8 Å². The van der Waals surface area contributed by atoms with Gasteiger partial charge < -0.3 is 9.76 Å². The molecule has 0 radical (unpaired) electrons. The van der Waals surface area contributed by atoms with Crippen molar-refractivity contribution in [1.82, 2.24) is 19.9 Å². The Morgan fingerprint density at radius 2 is 0.847 bits per heavy atom. The van der Waals surface area contributed by atoms with Crippen LogP contribution in [0.5, 0.6) is 0 Å². The standard InChI is InChI=1S/C52H55BN4O2/c1-49(2,3)40-23-27-54-45(32-40)34-15-19-36(20-16-34)47-43(13-11-25-56-47)38-29-39(31-42(30-38)53-59-52(9,10)51(7,8)58)44-14-12-26-57-48(44)37-21-17-35(18-22-37)46-33-41(24-28-55-46)50(4,5)6/h11-33,53,58H,1-10H3. The second kappa shape index (κ2) is 16.1. The molecule has 0 saturated heterocycles. The molecule has 0 bridgehead atoms. The van der Waals surface area contributed by atoms with Crippen LogP contribution in [0.3, 0.4) is 0 Å². The van der Waals surface area contributed by atoms with Crippen LogP contribution in [-0.2, 0) is 15.5 Å². The lowest BCUT2D eigenvalue weighted by Crippen LogP contribution is -2.49. The summed E-state index contributed by atoms with van der Waals surface area (Å²) < 4.78 is 6.47. The molecule has 0 spiro atoms. The third kappa shape index (κ3) is 9.28. The van der Waals surface area contributed by atoms with Crippen molar-refractivity contribution < 1.29 is 9.76 Å². The zero-order chi connectivity index (χ0) is 42.2. The SMILES string of the molecule is CC(C)(C)c1ccnc(-c2ccc(-c3ncccc3-c3cc(BOC(C)(C)C(C)(C)O)cc(-c4cccnc4-c4ccc(-c5cc(C(C)(C)C)ccn5)cc4)c3)cc2)c1. The van der Waals surface area contributed by atoms with Gasteiger partial charge >= 0.3 is 7.48 Å². The summed E-state index contributed by atoms with van der Waals surface area (Å²) in [6, 6.07) is 40.3. The highest BCUT2D eigenvalue weighted by Crippen LogP contribution is 2.37. The van der Waals surface area contributed by atoms with Crippen molar-refractivity contribution >= 4 is 12.9 Å². The van der Waals surface area contributed by atoms with Crippen molar-refractivity contribution in [2.75, 3.05) is 0 Å². The first-order chi connectivity index (χ1) is 27.9. The molecule has 0 saturated carbocycles. The molecule has 4 aromatic heterocycles. The minimum Gasteiger partial charge on any atom is -0.427 e. The van der Waals surface area contributed by atoms with Crippen molar-refractivity contribution in [3.05, 3.63) is 151 Å². The summed E-state index contributed by atoms with van der Waals surface area (Å²) in [5.41, 5.74) is 13.5. The Labute approximate surface area is 351 Å². The van der Waals surface area contributed by atoms with Crippen LogP contribution in [0, 0.1) is 0 Å². The van der Waals surface area contributed by atoms with E-state index in [-0.39, 0.29) is 10.8 Å². The van der Waals surface area contributed by atoms with E-state index in [9.17, 15) is 5.11 Å². The minimum atomic E-state index is -1.05. The summed E-state index contributed by atoms with van der Waals surface area (Å²) >= 11 is 0. The molecule has 0 fully saturated rings. The van der Waals surface area contributed by atoms with E-state index < -0.39 is 11.2 Å². The monoisotopic (exact) mass is 778 g/mol. The number of benzene rings is 3.